The molecule has 0 aliphatic carbocycles. The fraction of sp³-hybridized carbons (Fsp3) is 0.692. The molecular formula is C13H22N3O5PS. The summed E-state index contributed by atoms with van der Waals surface area (Å²) in [4.78, 5) is 25.7. The number of nitrogens with two attached hydrogens (primary N) is 1. The highest BCUT2D eigenvalue weighted by Crippen LogP contribution is 2.48. The maximum Gasteiger partial charge on any atom is 0.351 e. The van der Waals surface area contributed by atoms with Crippen molar-refractivity contribution < 1.29 is 18.7 Å². The summed E-state index contributed by atoms with van der Waals surface area (Å²) in [7, 11) is 1.31. The van der Waals surface area contributed by atoms with Crippen molar-refractivity contribution in [1.29, 1.82) is 0 Å². The summed E-state index contributed by atoms with van der Waals surface area (Å²) in [6.07, 6.45) is 2.31. The van der Waals surface area contributed by atoms with Crippen LogP contribution in [0.3, 0.4) is 0 Å². The van der Waals surface area contributed by atoms with Crippen molar-refractivity contribution in [2.75, 3.05) is 12.8 Å². The van der Waals surface area contributed by atoms with Gasteiger partial charge in [-0.1, -0.05) is 13.3 Å². The average Bonchev–Trinajstić information content (AvgIpc) is 2.85. The van der Waals surface area contributed by atoms with E-state index in [1.54, 1.807) is 13.1 Å². The van der Waals surface area contributed by atoms with E-state index >= 15 is 0 Å². The van der Waals surface area contributed by atoms with Crippen molar-refractivity contribution in [1.82, 2.24) is 9.55 Å². The highest BCUT2D eigenvalue weighted by molar-refractivity contribution is 8.07. The summed E-state index contributed by atoms with van der Waals surface area (Å²) in [6, 6.07) is 0. The molecule has 0 radical (unpaired) electrons. The molecule has 1 saturated heterocycles. The Morgan fingerprint density at radius 1 is 1.65 bits per heavy atom. The minimum absolute atomic E-state index is 0.201. The van der Waals surface area contributed by atoms with Crippen molar-refractivity contribution in [3.8, 4) is 0 Å². The lowest BCUT2D eigenvalue weighted by Crippen LogP contribution is -2.28. The molecule has 2 rings (SSSR count). The molecule has 23 heavy (non-hydrogen) atoms. The molecule has 3 N–H and O–H groups in total. The summed E-state index contributed by atoms with van der Waals surface area (Å²) in [5.41, 5.74) is 5.85. The Hall–Kier alpha value is -0.830. The third kappa shape index (κ3) is 4.37. The normalized spacial score (nSPS) is 27.0. The van der Waals surface area contributed by atoms with Crippen LogP contribution in [0.1, 0.15) is 38.0 Å². The van der Waals surface area contributed by atoms with Crippen LogP contribution in [0.15, 0.2) is 11.0 Å². The summed E-state index contributed by atoms with van der Waals surface area (Å²) in [5, 5.41) is 0. The van der Waals surface area contributed by atoms with Gasteiger partial charge in [0.05, 0.1) is 12.2 Å². The van der Waals surface area contributed by atoms with E-state index in [0.717, 1.165) is 12.8 Å². The minimum atomic E-state index is -3.30. The van der Waals surface area contributed by atoms with Crippen molar-refractivity contribution in [2.24, 2.45) is 0 Å². The van der Waals surface area contributed by atoms with E-state index in [4.69, 9.17) is 31.3 Å². The zero-order chi connectivity index (χ0) is 17.2. The SMILES string of the molecule is CCC[C@H]1O[C@@H](n2cc(C)c(N)nc2=O)C[C@H]1OP(O)(=S)OC. The lowest BCUT2D eigenvalue weighted by Gasteiger charge is -2.22. The number of aromatic nitrogens is 2. The van der Waals surface area contributed by atoms with Crippen LogP contribution in [0.4, 0.5) is 5.82 Å². The first-order chi connectivity index (χ1) is 10.8. The van der Waals surface area contributed by atoms with Gasteiger partial charge in [-0.3, -0.25) is 4.57 Å². The van der Waals surface area contributed by atoms with Gasteiger partial charge in [-0.2, -0.15) is 4.98 Å². The van der Waals surface area contributed by atoms with E-state index in [1.165, 1.54) is 11.7 Å². The van der Waals surface area contributed by atoms with E-state index < -0.39 is 24.7 Å². The van der Waals surface area contributed by atoms with Crippen LogP contribution in [0.2, 0.25) is 0 Å². The van der Waals surface area contributed by atoms with E-state index in [2.05, 4.69) is 4.98 Å². The Kier molecular flexibility index (Phi) is 5.94. The molecule has 1 unspecified atom stereocenters. The van der Waals surface area contributed by atoms with Gasteiger partial charge in [0.25, 0.3) is 0 Å². The molecule has 130 valence electrons. The van der Waals surface area contributed by atoms with Crippen molar-refractivity contribution in [3.05, 3.63) is 22.2 Å². The predicted molar refractivity (Wildman–Crippen MR) is 89.5 cm³/mol. The third-order valence-electron chi connectivity index (χ3n) is 3.74. The number of ether oxygens (including phenoxy) is 1. The number of hydrogen-bond donors (Lipinski definition) is 2. The van der Waals surface area contributed by atoms with Gasteiger partial charge >= 0.3 is 12.4 Å². The van der Waals surface area contributed by atoms with E-state index in [9.17, 15) is 9.69 Å². The number of nitrogens with zero attached hydrogens (tertiary/aromatic N) is 2. The van der Waals surface area contributed by atoms with Crippen LogP contribution < -0.4 is 11.4 Å². The fourth-order valence-corrected chi connectivity index (χ4v) is 3.51. The largest absolute Gasteiger partial charge is 0.383 e. The van der Waals surface area contributed by atoms with Gasteiger partial charge in [0.1, 0.15) is 12.0 Å². The second-order valence-electron chi connectivity index (χ2n) is 5.45. The second kappa shape index (κ2) is 7.38. The van der Waals surface area contributed by atoms with Crippen LogP contribution >= 0.6 is 6.72 Å². The molecule has 1 aromatic heterocycles. The standard InChI is InChI=1S/C13H22N3O5PS/c1-4-5-9-10(21-22(18,23)19-3)6-11(20-9)16-7-8(2)12(14)15-13(16)17/h7,9-11H,4-6H2,1-3H3,(H,18,23)(H2,14,15,17)/t9-,10-,11-,22?/m1/s1. The zero-order valence-electron chi connectivity index (χ0n) is 13.3. The predicted octanol–water partition coefficient (Wildman–Crippen LogP) is 1.47. The molecule has 1 aliphatic heterocycles. The second-order valence-corrected chi connectivity index (χ2v) is 8.34. The molecular weight excluding hydrogens is 341 g/mol. The molecule has 10 heteroatoms. The Morgan fingerprint density at radius 2 is 2.35 bits per heavy atom. The molecule has 0 aromatic carbocycles. The van der Waals surface area contributed by atoms with E-state index in [-0.39, 0.29) is 11.9 Å². The highest BCUT2D eigenvalue weighted by atomic mass is 32.5. The smallest absolute Gasteiger partial charge is 0.351 e. The summed E-state index contributed by atoms with van der Waals surface area (Å²) >= 11 is 4.91. The Labute approximate surface area is 139 Å². The Balaban J connectivity index is 2.24. The van der Waals surface area contributed by atoms with E-state index in [0.29, 0.717) is 12.0 Å². The highest BCUT2D eigenvalue weighted by Gasteiger charge is 2.39. The van der Waals surface area contributed by atoms with Crippen molar-refractivity contribution in [3.63, 3.8) is 0 Å². The maximum atomic E-state index is 12.1. The lowest BCUT2D eigenvalue weighted by atomic mass is 10.1. The third-order valence-corrected chi connectivity index (χ3v) is 5.44. The van der Waals surface area contributed by atoms with Gasteiger partial charge in [0.2, 0.25) is 0 Å². The van der Waals surface area contributed by atoms with Crippen molar-refractivity contribution >= 4 is 24.3 Å². The van der Waals surface area contributed by atoms with Crippen LogP contribution in [0.5, 0.6) is 0 Å². The van der Waals surface area contributed by atoms with Gasteiger partial charge in [-0.15, -0.1) is 0 Å². The lowest BCUT2D eigenvalue weighted by molar-refractivity contribution is -0.0225. The quantitative estimate of drug-likeness (QED) is 0.732. The number of aryl methyl sites for hydroxylation is 1. The monoisotopic (exact) mass is 363 g/mol. The molecule has 1 fully saturated rings. The summed E-state index contributed by atoms with van der Waals surface area (Å²) in [5.74, 6) is 0.201. The summed E-state index contributed by atoms with van der Waals surface area (Å²) in [6.45, 7) is 0.481. The van der Waals surface area contributed by atoms with Crippen LogP contribution in [-0.2, 0) is 25.6 Å². The van der Waals surface area contributed by atoms with Crippen LogP contribution in [0, 0.1) is 6.92 Å². The number of anilines is 1. The average molecular weight is 363 g/mol. The number of hydrogen-bond acceptors (Lipinski definition) is 7. The minimum Gasteiger partial charge on any atom is -0.383 e. The van der Waals surface area contributed by atoms with Gasteiger partial charge in [-0.25, -0.2) is 4.79 Å². The first-order valence-electron chi connectivity index (χ1n) is 7.35. The van der Waals surface area contributed by atoms with Gasteiger partial charge in [0, 0.05) is 25.3 Å². The molecule has 4 atom stereocenters. The first kappa shape index (κ1) is 18.5. The molecule has 1 aliphatic rings. The zero-order valence-corrected chi connectivity index (χ0v) is 15.0. The molecule has 0 bridgehead atoms. The topological polar surface area (TPSA) is 109 Å². The summed E-state index contributed by atoms with van der Waals surface area (Å²) < 4.78 is 17.7. The van der Waals surface area contributed by atoms with Crippen molar-refractivity contribution in [2.45, 2.75) is 51.5 Å². The van der Waals surface area contributed by atoms with Gasteiger partial charge < -0.3 is 24.4 Å². The van der Waals surface area contributed by atoms with Crippen LogP contribution in [-0.4, -0.2) is 33.8 Å². The van der Waals surface area contributed by atoms with Crippen LogP contribution in [0.25, 0.3) is 0 Å². The van der Waals surface area contributed by atoms with Gasteiger partial charge in [-0.05, 0) is 25.2 Å². The Morgan fingerprint density at radius 3 is 2.96 bits per heavy atom. The molecule has 8 nitrogen and oxygen atoms in total. The number of rotatable bonds is 6. The first-order valence-corrected chi connectivity index (χ1v) is 9.94. The van der Waals surface area contributed by atoms with Gasteiger partial charge in [0.15, 0.2) is 0 Å². The Bertz CT molecular complexity index is 668. The fourth-order valence-electron chi connectivity index (χ4n) is 2.52. The molecule has 1 aromatic rings. The molecule has 0 spiro atoms. The maximum absolute atomic E-state index is 12.1. The number of nitrogen functional groups attached to an aromatic ring is 1. The molecule has 0 amide bonds. The van der Waals surface area contributed by atoms with E-state index in [1.807, 2.05) is 6.92 Å². The molecule has 2 heterocycles. The molecule has 0 saturated carbocycles.